The van der Waals surface area contributed by atoms with Crippen LogP contribution in [0.3, 0.4) is 0 Å². The summed E-state index contributed by atoms with van der Waals surface area (Å²) in [7, 11) is 9.75. The highest BCUT2D eigenvalue weighted by atomic mass is 16.5. The molecule has 1 N–H and O–H groups in total. The van der Waals surface area contributed by atoms with Crippen molar-refractivity contribution in [2.24, 2.45) is 0 Å². The lowest BCUT2D eigenvalue weighted by molar-refractivity contribution is 0.232. The number of hydrogen-bond acceptors (Lipinski definition) is 8. The number of methoxy groups -OCH3 is 6. The summed E-state index contributed by atoms with van der Waals surface area (Å²) in [6.07, 6.45) is 1.04. The lowest BCUT2D eigenvalue weighted by Gasteiger charge is -2.33. The number of hydrogen-bond donors (Lipinski definition) is 1. The molecule has 1 saturated heterocycles. The molecule has 0 bridgehead atoms. The number of benzene rings is 2. The molecule has 8 nitrogen and oxygen atoms in total. The van der Waals surface area contributed by atoms with Crippen LogP contribution in [0, 0.1) is 0 Å². The molecule has 0 aromatic heterocycles. The van der Waals surface area contributed by atoms with E-state index in [4.69, 9.17) is 28.4 Å². The summed E-state index contributed by atoms with van der Waals surface area (Å²) >= 11 is 0. The molecule has 1 atom stereocenters. The molecule has 0 amide bonds. The second kappa shape index (κ2) is 11.2. The van der Waals surface area contributed by atoms with Gasteiger partial charge in [0.05, 0.1) is 48.7 Å². The zero-order valence-corrected chi connectivity index (χ0v) is 19.8. The molecule has 3 rings (SSSR count). The topological polar surface area (TPSA) is 70.7 Å². The number of ether oxygens (including phenoxy) is 6. The van der Waals surface area contributed by atoms with Gasteiger partial charge in [0.25, 0.3) is 0 Å². The second-order valence-corrected chi connectivity index (χ2v) is 7.42. The molecule has 2 aromatic rings. The van der Waals surface area contributed by atoms with Crippen molar-refractivity contribution in [1.82, 2.24) is 10.2 Å². The van der Waals surface area contributed by atoms with Crippen LogP contribution in [-0.2, 0) is 0 Å². The van der Waals surface area contributed by atoms with E-state index in [1.54, 1.807) is 42.7 Å². The fourth-order valence-electron chi connectivity index (χ4n) is 4.31. The van der Waals surface area contributed by atoms with Crippen molar-refractivity contribution in [2.75, 3.05) is 68.8 Å². The average molecular weight is 447 g/mol. The van der Waals surface area contributed by atoms with Crippen LogP contribution >= 0.6 is 0 Å². The highest BCUT2D eigenvalue weighted by molar-refractivity contribution is 5.60. The minimum atomic E-state index is -0.127. The maximum Gasteiger partial charge on any atom is 0.203 e. The van der Waals surface area contributed by atoms with Gasteiger partial charge in [-0.3, -0.25) is 4.90 Å². The molecule has 176 valence electrons. The molecule has 1 heterocycles. The van der Waals surface area contributed by atoms with Gasteiger partial charge in [-0.2, -0.15) is 0 Å². The SMILES string of the molecule is COc1cc(C(c2ccc(OC)c(OC)c2OC)N2CCCNCC2)cc(OC)c1OC. The van der Waals surface area contributed by atoms with E-state index in [1.807, 2.05) is 24.3 Å². The van der Waals surface area contributed by atoms with Crippen LogP contribution in [0.15, 0.2) is 24.3 Å². The first kappa shape index (κ1) is 23.8. The summed E-state index contributed by atoms with van der Waals surface area (Å²) in [5, 5.41) is 3.48. The molecular weight excluding hydrogens is 412 g/mol. The van der Waals surface area contributed by atoms with Crippen LogP contribution in [0.2, 0.25) is 0 Å². The molecule has 1 unspecified atom stereocenters. The summed E-state index contributed by atoms with van der Waals surface area (Å²) in [5.41, 5.74) is 1.98. The Bertz CT molecular complexity index is 871. The van der Waals surface area contributed by atoms with E-state index >= 15 is 0 Å². The first-order valence-electron chi connectivity index (χ1n) is 10.7. The van der Waals surface area contributed by atoms with Crippen molar-refractivity contribution in [1.29, 1.82) is 0 Å². The van der Waals surface area contributed by atoms with Gasteiger partial charge in [-0.05, 0) is 42.8 Å². The zero-order valence-electron chi connectivity index (χ0n) is 19.8. The molecule has 32 heavy (non-hydrogen) atoms. The van der Waals surface area contributed by atoms with Crippen molar-refractivity contribution < 1.29 is 28.4 Å². The highest BCUT2D eigenvalue weighted by Crippen LogP contribution is 2.48. The van der Waals surface area contributed by atoms with Crippen LogP contribution in [0.5, 0.6) is 34.5 Å². The Morgan fingerprint density at radius 2 is 1.31 bits per heavy atom. The molecule has 1 fully saturated rings. The van der Waals surface area contributed by atoms with E-state index in [2.05, 4.69) is 10.2 Å². The van der Waals surface area contributed by atoms with Crippen molar-refractivity contribution in [2.45, 2.75) is 12.5 Å². The first-order chi connectivity index (χ1) is 15.6. The van der Waals surface area contributed by atoms with Crippen LogP contribution in [-0.4, -0.2) is 73.7 Å². The largest absolute Gasteiger partial charge is 0.493 e. The predicted molar refractivity (Wildman–Crippen MR) is 123 cm³/mol. The molecule has 8 heteroatoms. The molecule has 1 aliphatic heterocycles. The van der Waals surface area contributed by atoms with Crippen LogP contribution in [0.1, 0.15) is 23.6 Å². The third-order valence-electron chi connectivity index (χ3n) is 5.77. The van der Waals surface area contributed by atoms with Gasteiger partial charge in [0.2, 0.25) is 11.5 Å². The van der Waals surface area contributed by atoms with Crippen molar-refractivity contribution in [3.8, 4) is 34.5 Å². The molecular formula is C24H34N2O6. The summed E-state index contributed by atoms with van der Waals surface area (Å²) in [6.45, 7) is 3.68. The van der Waals surface area contributed by atoms with E-state index in [-0.39, 0.29) is 6.04 Å². The fraction of sp³-hybridized carbons (Fsp3) is 0.500. The first-order valence-corrected chi connectivity index (χ1v) is 10.7. The van der Waals surface area contributed by atoms with Crippen LogP contribution < -0.4 is 33.7 Å². The lowest BCUT2D eigenvalue weighted by Crippen LogP contribution is -2.33. The zero-order chi connectivity index (χ0) is 23.1. The van der Waals surface area contributed by atoms with Crippen molar-refractivity contribution in [3.05, 3.63) is 35.4 Å². The third-order valence-corrected chi connectivity index (χ3v) is 5.77. The van der Waals surface area contributed by atoms with Gasteiger partial charge in [-0.15, -0.1) is 0 Å². The Kier molecular flexibility index (Phi) is 8.30. The number of nitrogens with zero attached hydrogens (tertiary/aromatic N) is 1. The molecule has 2 aromatic carbocycles. The van der Waals surface area contributed by atoms with Gasteiger partial charge >= 0.3 is 0 Å². The Hall–Kier alpha value is -2.84. The fourth-order valence-corrected chi connectivity index (χ4v) is 4.31. The number of nitrogens with one attached hydrogen (secondary N) is 1. The maximum atomic E-state index is 5.86. The Morgan fingerprint density at radius 3 is 1.88 bits per heavy atom. The summed E-state index contributed by atoms with van der Waals surface area (Å²) in [6, 6.07) is 7.82. The summed E-state index contributed by atoms with van der Waals surface area (Å²) in [5.74, 6) is 3.61. The third kappa shape index (κ3) is 4.66. The molecule has 0 saturated carbocycles. The minimum Gasteiger partial charge on any atom is -0.493 e. The van der Waals surface area contributed by atoms with E-state index in [1.165, 1.54) is 0 Å². The van der Waals surface area contributed by atoms with Crippen LogP contribution in [0.25, 0.3) is 0 Å². The number of rotatable bonds is 9. The summed E-state index contributed by atoms with van der Waals surface area (Å²) < 4.78 is 33.9. The maximum absolute atomic E-state index is 5.86. The van der Waals surface area contributed by atoms with E-state index in [0.29, 0.717) is 34.5 Å². The normalized spacial score (nSPS) is 15.4. The van der Waals surface area contributed by atoms with E-state index in [9.17, 15) is 0 Å². The van der Waals surface area contributed by atoms with E-state index in [0.717, 1.165) is 43.7 Å². The van der Waals surface area contributed by atoms with Gasteiger partial charge in [0.1, 0.15) is 0 Å². The summed E-state index contributed by atoms with van der Waals surface area (Å²) in [4.78, 5) is 2.43. The minimum absolute atomic E-state index is 0.127. The smallest absolute Gasteiger partial charge is 0.203 e. The van der Waals surface area contributed by atoms with Crippen LogP contribution in [0.4, 0.5) is 0 Å². The van der Waals surface area contributed by atoms with Gasteiger partial charge in [-0.1, -0.05) is 0 Å². The monoisotopic (exact) mass is 446 g/mol. The lowest BCUT2D eigenvalue weighted by atomic mass is 9.94. The molecule has 0 radical (unpaired) electrons. The van der Waals surface area contributed by atoms with Crippen molar-refractivity contribution in [3.63, 3.8) is 0 Å². The van der Waals surface area contributed by atoms with E-state index < -0.39 is 0 Å². The highest BCUT2D eigenvalue weighted by Gasteiger charge is 2.30. The Morgan fingerprint density at radius 1 is 0.688 bits per heavy atom. The second-order valence-electron chi connectivity index (χ2n) is 7.42. The predicted octanol–water partition coefficient (Wildman–Crippen LogP) is 3.12. The van der Waals surface area contributed by atoms with Gasteiger partial charge in [0.15, 0.2) is 23.0 Å². The Labute approximate surface area is 190 Å². The molecule has 1 aliphatic rings. The van der Waals surface area contributed by atoms with Gasteiger partial charge in [-0.25, -0.2) is 0 Å². The van der Waals surface area contributed by atoms with Crippen molar-refractivity contribution >= 4 is 0 Å². The van der Waals surface area contributed by atoms with Gasteiger partial charge < -0.3 is 33.7 Å². The molecule has 0 aliphatic carbocycles. The Balaban J connectivity index is 2.25. The van der Waals surface area contributed by atoms with Gasteiger partial charge in [0, 0.05) is 25.2 Å². The molecule has 0 spiro atoms. The average Bonchev–Trinajstić information content (AvgIpc) is 3.12. The quantitative estimate of drug-likeness (QED) is 0.630. The standard InChI is InChI=1S/C24H34N2O6/c1-27-18-9-8-17(22(30-4)24(18)32-6)21(26-12-7-10-25-11-13-26)16-14-19(28-2)23(31-5)20(15-16)29-3/h8-9,14-15,21,25H,7,10-13H2,1-6H3.